The first-order valence-corrected chi connectivity index (χ1v) is 8.53. The third-order valence-electron chi connectivity index (χ3n) is 4.22. The maximum Gasteiger partial charge on any atom is 0.260 e. The molecule has 0 bridgehead atoms. The van der Waals surface area contributed by atoms with Gasteiger partial charge in [0, 0.05) is 30.7 Å². The van der Waals surface area contributed by atoms with Crippen molar-refractivity contribution in [3.05, 3.63) is 65.6 Å². The number of fused-ring (bicyclic) bond motifs is 1. The molecule has 1 aromatic heterocycles. The van der Waals surface area contributed by atoms with Crippen LogP contribution >= 0.6 is 0 Å². The molecule has 0 aliphatic heterocycles. The topological polar surface area (TPSA) is 51.7 Å². The molecule has 140 valence electrons. The van der Waals surface area contributed by atoms with Crippen LogP contribution in [-0.4, -0.2) is 36.6 Å². The molecule has 0 saturated heterocycles. The number of carbonyl (C=O) groups is 1. The van der Waals surface area contributed by atoms with Gasteiger partial charge in [0.25, 0.3) is 5.91 Å². The lowest BCUT2D eigenvalue weighted by atomic mass is 10.1. The fourth-order valence-electron chi connectivity index (χ4n) is 2.75. The van der Waals surface area contributed by atoms with Gasteiger partial charge >= 0.3 is 0 Å². The van der Waals surface area contributed by atoms with Crippen molar-refractivity contribution in [2.75, 3.05) is 20.8 Å². The van der Waals surface area contributed by atoms with Gasteiger partial charge in [-0.25, -0.2) is 4.39 Å². The molecule has 3 aromatic rings. The molecule has 5 nitrogen and oxygen atoms in total. The van der Waals surface area contributed by atoms with Gasteiger partial charge in [-0.1, -0.05) is 12.1 Å². The van der Waals surface area contributed by atoms with Crippen LogP contribution in [0.3, 0.4) is 0 Å². The standard InChI is InChI=1S/C21H21FN2O3/c1-14-10-20(18-11-17(26-3)8-9-19(18)23-14)27-13-21(25)24(2)12-15-4-6-16(22)7-5-15/h4-11H,12-13H2,1-3H3. The van der Waals surface area contributed by atoms with Gasteiger partial charge in [-0.2, -0.15) is 0 Å². The molecule has 2 aromatic carbocycles. The summed E-state index contributed by atoms with van der Waals surface area (Å²) in [6, 6.07) is 13.4. The van der Waals surface area contributed by atoms with Gasteiger partial charge < -0.3 is 14.4 Å². The summed E-state index contributed by atoms with van der Waals surface area (Å²) in [6.07, 6.45) is 0. The van der Waals surface area contributed by atoms with Crippen LogP contribution in [0.1, 0.15) is 11.3 Å². The fourth-order valence-corrected chi connectivity index (χ4v) is 2.75. The molecule has 0 fully saturated rings. The van der Waals surface area contributed by atoms with Crippen LogP contribution < -0.4 is 9.47 Å². The van der Waals surface area contributed by atoms with Crippen LogP contribution in [0.2, 0.25) is 0 Å². The van der Waals surface area contributed by atoms with E-state index in [-0.39, 0.29) is 18.3 Å². The molecule has 6 heteroatoms. The number of amides is 1. The monoisotopic (exact) mass is 368 g/mol. The maximum absolute atomic E-state index is 13.0. The average molecular weight is 368 g/mol. The van der Waals surface area contributed by atoms with Crippen molar-refractivity contribution in [2.24, 2.45) is 0 Å². The van der Waals surface area contributed by atoms with Gasteiger partial charge in [-0.3, -0.25) is 9.78 Å². The Kier molecular flexibility index (Phi) is 5.54. The Morgan fingerprint density at radius 3 is 2.59 bits per heavy atom. The second kappa shape index (κ2) is 8.03. The van der Waals surface area contributed by atoms with E-state index < -0.39 is 0 Å². The highest BCUT2D eigenvalue weighted by Gasteiger charge is 2.13. The smallest absolute Gasteiger partial charge is 0.260 e. The van der Waals surface area contributed by atoms with Crippen LogP contribution in [0.4, 0.5) is 4.39 Å². The normalized spacial score (nSPS) is 10.7. The van der Waals surface area contributed by atoms with E-state index in [4.69, 9.17) is 9.47 Å². The number of ether oxygens (including phenoxy) is 2. The quantitative estimate of drug-likeness (QED) is 0.665. The van der Waals surface area contributed by atoms with Crippen LogP contribution in [0.15, 0.2) is 48.5 Å². The molecule has 1 heterocycles. The fraction of sp³-hybridized carbons (Fsp3) is 0.238. The second-order valence-corrected chi connectivity index (χ2v) is 6.31. The van der Waals surface area contributed by atoms with E-state index in [1.54, 1.807) is 37.3 Å². The Bertz CT molecular complexity index is 958. The first-order chi connectivity index (χ1) is 13.0. The highest BCUT2D eigenvalue weighted by molar-refractivity contribution is 5.87. The first-order valence-electron chi connectivity index (χ1n) is 8.53. The predicted octanol–water partition coefficient (Wildman–Crippen LogP) is 3.73. The Labute approximate surface area is 157 Å². The van der Waals surface area contributed by atoms with E-state index >= 15 is 0 Å². The minimum Gasteiger partial charge on any atom is -0.497 e. The van der Waals surface area contributed by atoms with E-state index in [9.17, 15) is 9.18 Å². The highest BCUT2D eigenvalue weighted by Crippen LogP contribution is 2.29. The summed E-state index contributed by atoms with van der Waals surface area (Å²) in [5.74, 6) is 0.800. The lowest BCUT2D eigenvalue weighted by Crippen LogP contribution is -2.31. The Hall–Kier alpha value is -3.15. The number of benzene rings is 2. The van der Waals surface area contributed by atoms with Gasteiger partial charge in [0.1, 0.15) is 17.3 Å². The van der Waals surface area contributed by atoms with Crippen molar-refractivity contribution < 1.29 is 18.7 Å². The number of hydrogen-bond donors (Lipinski definition) is 0. The Balaban J connectivity index is 1.71. The lowest BCUT2D eigenvalue weighted by molar-refractivity contribution is -0.132. The second-order valence-electron chi connectivity index (χ2n) is 6.31. The summed E-state index contributed by atoms with van der Waals surface area (Å²) in [7, 11) is 3.28. The zero-order valence-corrected chi connectivity index (χ0v) is 15.5. The third kappa shape index (κ3) is 4.53. The number of pyridine rings is 1. The molecule has 0 spiro atoms. The van der Waals surface area contributed by atoms with Crippen LogP contribution in [0.25, 0.3) is 10.9 Å². The molecule has 0 atom stereocenters. The molecule has 27 heavy (non-hydrogen) atoms. The van der Waals surface area contributed by atoms with E-state index in [0.29, 0.717) is 18.0 Å². The first kappa shape index (κ1) is 18.6. The number of aromatic nitrogens is 1. The van der Waals surface area contributed by atoms with Crippen LogP contribution in [0, 0.1) is 12.7 Å². The number of nitrogens with zero attached hydrogens (tertiary/aromatic N) is 2. The summed E-state index contributed by atoms with van der Waals surface area (Å²) in [5.41, 5.74) is 2.43. The van der Waals surface area contributed by atoms with E-state index in [2.05, 4.69) is 4.98 Å². The molecule has 0 radical (unpaired) electrons. The summed E-state index contributed by atoms with van der Waals surface area (Å²) in [6.45, 7) is 2.15. The molecule has 0 saturated carbocycles. The minimum atomic E-state index is -0.300. The predicted molar refractivity (Wildman–Crippen MR) is 101 cm³/mol. The summed E-state index contributed by atoms with van der Waals surface area (Å²) < 4.78 is 24.0. The van der Waals surface area contributed by atoms with Crippen molar-refractivity contribution in [3.8, 4) is 11.5 Å². The lowest BCUT2D eigenvalue weighted by Gasteiger charge is -2.18. The zero-order valence-electron chi connectivity index (χ0n) is 15.5. The SMILES string of the molecule is COc1ccc2nc(C)cc(OCC(=O)N(C)Cc3ccc(F)cc3)c2c1. The molecular weight excluding hydrogens is 347 g/mol. The van der Waals surface area contributed by atoms with Crippen LogP contribution in [-0.2, 0) is 11.3 Å². The van der Waals surface area contributed by atoms with E-state index in [1.165, 1.54) is 12.1 Å². The summed E-state index contributed by atoms with van der Waals surface area (Å²) >= 11 is 0. The largest absolute Gasteiger partial charge is 0.497 e. The highest BCUT2D eigenvalue weighted by atomic mass is 19.1. The van der Waals surface area contributed by atoms with Crippen molar-refractivity contribution >= 4 is 16.8 Å². The molecule has 0 aliphatic rings. The van der Waals surface area contributed by atoms with Gasteiger partial charge in [0.05, 0.1) is 12.6 Å². The average Bonchev–Trinajstić information content (AvgIpc) is 2.67. The van der Waals surface area contributed by atoms with Gasteiger partial charge in [0.15, 0.2) is 6.61 Å². The van der Waals surface area contributed by atoms with Gasteiger partial charge in [-0.05, 0) is 42.8 Å². The number of aryl methyl sites for hydroxylation is 1. The van der Waals surface area contributed by atoms with Crippen molar-refractivity contribution in [1.29, 1.82) is 0 Å². The van der Waals surface area contributed by atoms with Crippen LogP contribution in [0.5, 0.6) is 11.5 Å². The number of likely N-dealkylation sites (N-methyl/N-ethyl adjacent to an activating group) is 1. The number of carbonyl (C=O) groups excluding carboxylic acids is 1. The molecular formula is C21H21FN2O3. The number of methoxy groups -OCH3 is 1. The van der Waals surface area contributed by atoms with Crippen molar-refractivity contribution in [2.45, 2.75) is 13.5 Å². The maximum atomic E-state index is 13.0. The zero-order chi connectivity index (χ0) is 19.4. The van der Waals surface area contributed by atoms with Crippen molar-refractivity contribution in [1.82, 2.24) is 9.88 Å². The summed E-state index contributed by atoms with van der Waals surface area (Å²) in [5, 5.41) is 0.786. The number of rotatable bonds is 6. The van der Waals surface area contributed by atoms with Gasteiger partial charge in [0.2, 0.25) is 0 Å². The Morgan fingerprint density at radius 1 is 1.15 bits per heavy atom. The third-order valence-corrected chi connectivity index (χ3v) is 4.22. The minimum absolute atomic E-state index is 0.104. The number of halogens is 1. The summed E-state index contributed by atoms with van der Waals surface area (Å²) in [4.78, 5) is 18.4. The molecule has 0 aliphatic carbocycles. The molecule has 1 amide bonds. The van der Waals surface area contributed by atoms with E-state index in [0.717, 1.165) is 22.2 Å². The molecule has 0 N–H and O–H groups in total. The van der Waals surface area contributed by atoms with Crippen molar-refractivity contribution in [3.63, 3.8) is 0 Å². The molecule has 3 rings (SSSR count). The van der Waals surface area contributed by atoms with Gasteiger partial charge in [-0.15, -0.1) is 0 Å². The Morgan fingerprint density at radius 2 is 1.89 bits per heavy atom. The number of hydrogen-bond acceptors (Lipinski definition) is 4. The molecule has 0 unspecified atom stereocenters. The van der Waals surface area contributed by atoms with E-state index in [1.807, 2.05) is 25.1 Å².